The summed E-state index contributed by atoms with van der Waals surface area (Å²) in [4.78, 5) is 0.286. The number of rotatable bonds is 6. The van der Waals surface area contributed by atoms with Crippen LogP contribution in [0.1, 0.15) is 26.7 Å². The molecule has 7 heteroatoms. The molecule has 0 bridgehead atoms. The Balaban J connectivity index is 0.00000324. The average molecular weight is 419 g/mol. The lowest BCUT2D eigenvalue weighted by Gasteiger charge is -2.31. The second-order valence-corrected chi connectivity index (χ2v) is 7.18. The number of halogens is 2. The summed E-state index contributed by atoms with van der Waals surface area (Å²) in [6.45, 7) is 4.17. The number of benzene rings is 1. The van der Waals surface area contributed by atoms with E-state index in [1.165, 1.54) is 0 Å². The molecule has 0 aromatic heterocycles. The zero-order valence-electron chi connectivity index (χ0n) is 11.0. The Labute approximate surface area is 135 Å². The van der Waals surface area contributed by atoms with Crippen molar-refractivity contribution in [2.45, 2.75) is 37.1 Å². The molecule has 19 heavy (non-hydrogen) atoms. The van der Waals surface area contributed by atoms with Gasteiger partial charge in [-0.1, -0.05) is 19.9 Å². The Hall–Kier alpha value is 0.110. The maximum absolute atomic E-state index is 12.3. The van der Waals surface area contributed by atoms with Crippen molar-refractivity contribution >= 4 is 45.0 Å². The molecule has 1 rings (SSSR count). The predicted octanol–water partition coefficient (Wildman–Crippen LogP) is 2.51. The van der Waals surface area contributed by atoms with Crippen LogP contribution >= 0.6 is 35.0 Å². The molecule has 0 radical (unpaired) electrons. The molecule has 1 aromatic carbocycles. The minimum absolute atomic E-state index is 0. The second-order valence-electron chi connectivity index (χ2n) is 4.25. The van der Waals surface area contributed by atoms with E-state index in [1.54, 1.807) is 18.2 Å². The van der Waals surface area contributed by atoms with E-state index >= 15 is 0 Å². The highest BCUT2D eigenvalue weighted by Gasteiger charge is 2.30. The molecule has 0 saturated carbocycles. The lowest BCUT2D eigenvalue weighted by atomic mass is 9.95. The lowest BCUT2D eigenvalue weighted by Crippen LogP contribution is -2.52. The van der Waals surface area contributed by atoms with E-state index in [0.717, 1.165) is 3.57 Å². The normalized spacial score (nSPS) is 12.0. The molecule has 0 amide bonds. The van der Waals surface area contributed by atoms with E-state index in [0.29, 0.717) is 19.4 Å². The van der Waals surface area contributed by atoms with Gasteiger partial charge in [0.1, 0.15) is 0 Å². The molecule has 0 atom stereocenters. The summed E-state index contributed by atoms with van der Waals surface area (Å²) in [6, 6.07) is 6.83. The van der Waals surface area contributed by atoms with Crippen LogP contribution in [0.5, 0.6) is 0 Å². The molecule has 110 valence electrons. The highest BCUT2D eigenvalue weighted by molar-refractivity contribution is 14.1. The van der Waals surface area contributed by atoms with E-state index < -0.39 is 15.6 Å². The first-order valence-corrected chi connectivity index (χ1v) is 8.45. The Bertz CT molecular complexity index is 496. The Morgan fingerprint density at radius 3 is 2.32 bits per heavy atom. The maximum atomic E-state index is 12.3. The monoisotopic (exact) mass is 418 g/mol. The van der Waals surface area contributed by atoms with Gasteiger partial charge in [0.15, 0.2) is 0 Å². The van der Waals surface area contributed by atoms with Crippen molar-refractivity contribution in [3.8, 4) is 0 Å². The molecular weight excluding hydrogens is 399 g/mol. The SMILES string of the molecule is CCC(CC)(CN)NS(=O)(=O)c1cccc(I)c1.Cl. The van der Waals surface area contributed by atoms with Crippen LogP contribution in [-0.2, 0) is 10.0 Å². The fraction of sp³-hybridized carbons (Fsp3) is 0.500. The topological polar surface area (TPSA) is 72.2 Å². The molecule has 0 aliphatic rings. The Kier molecular flexibility index (Phi) is 7.82. The number of nitrogens with two attached hydrogens (primary N) is 1. The Morgan fingerprint density at radius 2 is 1.89 bits per heavy atom. The van der Waals surface area contributed by atoms with Crippen molar-refractivity contribution < 1.29 is 8.42 Å². The molecule has 0 aliphatic carbocycles. The fourth-order valence-corrected chi connectivity index (χ4v) is 4.06. The van der Waals surface area contributed by atoms with Crippen molar-refractivity contribution in [1.29, 1.82) is 0 Å². The van der Waals surface area contributed by atoms with Crippen molar-refractivity contribution in [2.24, 2.45) is 5.73 Å². The van der Waals surface area contributed by atoms with Crippen LogP contribution in [0.25, 0.3) is 0 Å². The van der Waals surface area contributed by atoms with Crippen molar-refractivity contribution in [3.05, 3.63) is 27.8 Å². The minimum atomic E-state index is -3.51. The van der Waals surface area contributed by atoms with Crippen LogP contribution in [0.15, 0.2) is 29.2 Å². The van der Waals surface area contributed by atoms with Gasteiger partial charge in [0, 0.05) is 15.7 Å². The average Bonchev–Trinajstić information content (AvgIpc) is 2.36. The molecule has 0 saturated heterocycles. The first kappa shape index (κ1) is 19.1. The summed E-state index contributed by atoms with van der Waals surface area (Å²) in [6.07, 6.45) is 1.34. The largest absolute Gasteiger partial charge is 0.329 e. The molecule has 0 aliphatic heterocycles. The van der Waals surface area contributed by atoms with Gasteiger partial charge in [-0.15, -0.1) is 12.4 Å². The van der Waals surface area contributed by atoms with Gasteiger partial charge in [-0.3, -0.25) is 0 Å². The van der Waals surface area contributed by atoms with E-state index in [2.05, 4.69) is 27.3 Å². The highest BCUT2D eigenvalue weighted by atomic mass is 127. The van der Waals surface area contributed by atoms with Gasteiger partial charge in [-0.25, -0.2) is 13.1 Å². The van der Waals surface area contributed by atoms with Crippen LogP contribution in [0, 0.1) is 3.57 Å². The van der Waals surface area contributed by atoms with Gasteiger partial charge in [-0.05, 0) is 53.6 Å². The quantitative estimate of drug-likeness (QED) is 0.697. The van der Waals surface area contributed by atoms with Crippen LogP contribution in [0.4, 0.5) is 0 Å². The third-order valence-electron chi connectivity index (χ3n) is 3.20. The molecule has 4 nitrogen and oxygen atoms in total. The zero-order valence-corrected chi connectivity index (χ0v) is 14.8. The maximum Gasteiger partial charge on any atom is 0.241 e. The summed E-state index contributed by atoms with van der Waals surface area (Å²) in [7, 11) is -3.51. The number of hydrogen-bond acceptors (Lipinski definition) is 3. The van der Waals surface area contributed by atoms with E-state index in [4.69, 9.17) is 5.73 Å². The lowest BCUT2D eigenvalue weighted by molar-refractivity contribution is 0.363. The first-order valence-electron chi connectivity index (χ1n) is 5.89. The molecule has 3 N–H and O–H groups in total. The summed E-state index contributed by atoms with van der Waals surface area (Å²) in [5.74, 6) is 0. The molecule has 1 aromatic rings. The summed E-state index contributed by atoms with van der Waals surface area (Å²) in [5.41, 5.74) is 5.16. The number of hydrogen-bond donors (Lipinski definition) is 2. The first-order chi connectivity index (χ1) is 8.39. The van der Waals surface area contributed by atoms with Gasteiger partial charge >= 0.3 is 0 Å². The molecule has 0 fully saturated rings. The molecular formula is C12H20ClIN2O2S. The predicted molar refractivity (Wildman–Crippen MR) is 89.1 cm³/mol. The zero-order chi connectivity index (χ0) is 13.8. The number of nitrogens with one attached hydrogen (secondary N) is 1. The highest BCUT2D eigenvalue weighted by Crippen LogP contribution is 2.19. The summed E-state index contributed by atoms with van der Waals surface area (Å²) >= 11 is 2.09. The third kappa shape index (κ3) is 4.86. The van der Waals surface area contributed by atoms with Crippen LogP contribution < -0.4 is 10.5 Å². The van der Waals surface area contributed by atoms with Gasteiger partial charge in [0.25, 0.3) is 0 Å². The summed E-state index contributed by atoms with van der Waals surface area (Å²) < 4.78 is 28.2. The molecule has 0 heterocycles. The fourth-order valence-electron chi connectivity index (χ4n) is 1.70. The van der Waals surface area contributed by atoms with Gasteiger partial charge < -0.3 is 5.73 Å². The van der Waals surface area contributed by atoms with Gasteiger partial charge in [0.05, 0.1) is 4.90 Å². The Morgan fingerprint density at radius 1 is 1.32 bits per heavy atom. The van der Waals surface area contributed by atoms with Crippen LogP contribution in [0.2, 0.25) is 0 Å². The minimum Gasteiger partial charge on any atom is -0.329 e. The molecule has 0 unspecified atom stereocenters. The molecule has 0 spiro atoms. The van der Waals surface area contributed by atoms with Gasteiger partial charge in [0.2, 0.25) is 10.0 Å². The standard InChI is InChI=1S/C12H19IN2O2S.ClH/c1-3-12(4-2,9-14)15-18(16,17)11-7-5-6-10(13)8-11;/h5-8,15H,3-4,9,14H2,1-2H3;1H. The van der Waals surface area contributed by atoms with Crippen molar-refractivity contribution in [3.63, 3.8) is 0 Å². The van der Waals surface area contributed by atoms with Crippen molar-refractivity contribution in [2.75, 3.05) is 6.54 Å². The number of sulfonamides is 1. The smallest absolute Gasteiger partial charge is 0.241 e. The van der Waals surface area contributed by atoms with Crippen LogP contribution in [0.3, 0.4) is 0 Å². The third-order valence-corrected chi connectivity index (χ3v) is 5.45. The second kappa shape index (κ2) is 7.78. The van der Waals surface area contributed by atoms with E-state index in [1.807, 2.05) is 19.9 Å². The van der Waals surface area contributed by atoms with E-state index in [9.17, 15) is 8.42 Å². The van der Waals surface area contributed by atoms with Crippen LogP contribution in [-0.4, -0.2) is 20.5 Å². The van der Waals surface area contributed by atoms with Gasteiger partial charge in [-0.2, -0.15) is 0 Å². The van der Waals surface area contributed by atoms with E-state index in [-0.39, 0.29) is 17.3 Å². The summed E-state index contributed by atoms with van der Waals surface area (Å²) in [5, 5.41) is 0. The van der Waals surface area contributed by atoms with Crippen molar-refractivity contribution in [1.82, 2.24) is 4.72 Å².